The topological polar surface area (TPSA) is 57.2 Å². The highest BCUT2D eigenvalue weighted by Crippen LogP contribution is 2.33. The number of thiophene rings is 1. The number of methoxy groups -OCH3 is 1. The van der Waals surface area contributed by atoms with Crippen LogP contribution in [0.15, 0.2) is 29.6 Å². The van der Waals surface area contributed by atoms with Gasteiger partial charge >= 0.3 is 0 Å². The molecular formula is C24H31NO5S. The van der Waals surface area contributed by atoms with Crippen LogP contribution < -0.4 is 9.47 Å². The molecule has 2 aliphatic heterocycles. The van der Waals surface area contributed by atoms with E-state index >= 15 is 0 Å². The highest BCUT2D eigenvalue weighted by molar-refractivity contribution is 7.12. The predicted molar refractivity (Wildman–Crippen MR) is 120 cm³/mol. The molecule has 0 radical (unpaired) electrons. The molecule has 0 saturated carbocycles. The van der Waals surface area contributed by atoms with Gasteiger partial charge in [0.1, 0.15) is 0 Å². The molecule has 1 atom stereocenters. The first-order chi connectivity index (χ1) is 15.0. The first-order valence-corrected chi connectivity index (χ1v) is 11.7. The fourth-order valence-electron chi connectivity index (χ4n) is 3.93. The summed E-state index contributed by atoms with van der Waals surface area (Å²) in [5.74, 6) is 1.45. The van der Waals surface area contributed by atoms with Crippen molar-refractivity contribution in [2.24, 2.45) is 5.41 Å². The Morgan fingerprint density at radius 3 is 2.74 bits per heavy atom. The summed E-state index contributed by atoms with van der Waals surface area (Å²) in [6, 6.07) is 7.89. The van der Waals surface area contributed by atoms with Crippen LogP contribution in [0.5, 0.6) is 11.5 Å². The first kappa shape index (κ1) is 22.1. The lowest BCUT2D eigenvalue weighted by atomic mass is 9.90. The maximum atomic E-state index is 13.3. The van der Waals surface area contributed by atoms with Gasteiger partial charge in [-0.15, -0.1) is 11.3 Å². The van der Waals surface area contributed by atoms with E-state index < -0.39 is 0 Å². The van der Waals surface area contributed by atoms with Crippen molar-refractivity contribution >= 4 is 17.2 Å². The second kappa shape index (κ2) is 9.59. The Labute approximate surface area is 188 Å². The third-order valence-electron chi connectivity index (χ3n) is 5.87. The highest BCUT2D eigenvalue weighted by atomic mass is 32.1. The number of rotatable bonds is 9. The molecule has 3 heterocycles. The van der Waals surface area contributed by atoms with Crippen LogP contribution in [-0.2, 0) is 16.0 Å². The number of benzene rings is 1. The van der Waals surface area contributed by atoms with Crippen molar-refractivity contribution in [1.82, 2.24) is 4.90 Å². The van der Waals surface area contributed by atoms with Gasteiger partial charge in [0.15, 0.2) is 11.5 Å². The number of carbonyl (C=O) groups excluding carboxylic acids is 1. The molecule has 1 amide bonds. The van der Waals surface area contributed by atoms with Gasteiger partial charge in [-0.1, -0.05) is 13.0 Å². The fraction of sp³-hybridized carbons (Fsp3) is 0.542. The zero-order valence-electron chi connectivity index (χ0n) is 18.5. The smallest absolute Gasteiger partial charge is 0.264 e. The minimum Gasteiger partial charge on any atom is -0.493 e. The quantitative estimate of drug-likeness (QED) is 0.576. The summed E-state index contributed by atoms with van der Waals surface area (Å²) < 4.78 is 22.8. The van der Waals surface area contributed by atoms with E-state index in [4.69, 9.17) is 18.9 Å². The number of ether oxygens (including phenoxy) is 4. The van der Waals surface area contributed by atoms with Crippen LogP contribution in [0.3, 0.4) is 0 Å². The minimum atomic E-state index is 0.0412. The Morgan fingerprint density at radius 2 is 2.13 bits per heavy atom. The van der Waals surface area contributed by atoms with Crippen molar-refractivity contribution in [3.8, 4) is 11.5 Å². The molecule has 0 bridgehead atoms. The summed E-state index contributed by atoms with van der Waals surface area (Å²) in [6.45, 7) is 7.98. The van der Waals surface area contributed by atoms with Crippen LogP contribution in [0.4, 0.5) is 0 Å². The van der Waals surface area contributed by atoms with Gasteiger partial charge in [0.2, 0.25) is 0 Å². The molecule has 2 saturated heterocycles. The van der Waals surface area contributed by atoms with Crippen molar-refractivity contribution in [3.63, 3.8) is 0 Å². The standard InChI is InChI=1S/C24H31NO5S/c1-17-8-10-31-22(17)23(26)25(13-19-5-4-9-29-19)12-18-6-7-20(27-3)21(11-18)30-16-24(2)14-28-15-24/h6-8,10-11,19H,4-5,9,12-16H2,1-3H3. The summed E-state index contributed by atoms with van der Waals surface area (Å²) in [6.07, 6.45) is 2.13. The van der Waals surface area contributed by atoms with E-state index in [1.54, 1.807) is 7.11 Å². The molecule has 0 N–H and O–H groups in total. The summed E-state index contributed by atoms with van der Waals surface area (Å²) >= 11 is 1.49. The van der Waals surface area contributed by atoms with Crippen molar-refractivity contribution < 1.29 is 23.7 Å². The maximum absolute atomic E-state index is 13.3. The summed E-state index contributed by atoms with van der Waals surface area (Å²) in [5.41, 5.74) is 2.06. The molecule has 2 aliphatic rings. The second-order valence-corrected chi connectivity index (χ2v) is 9.75. The van der Waals surface area contributed by atoms with Gasteiger partial charge in [-0.2, -0.15) is 0 Å². The fourth-order valence-corrected chi connectivity index (χ4v) is 4.82. The molecule has 6 nitrogen and oxygen atoms in total. The molecule has 2 fully saturated rings. The Hall–Kier alpha value is -2.09. The number of amides is 1. The van der Waals surface area contributed by atoms with Crippen molar-refractivity contribution in [3.05, 3.63) is 45.6 Å². The van der Waals surface area contributed by atoms with Crippen LogP contribution in [0.25, 0.3) is 0 Å². The van der Waals surface area contributed by atoms with E-state index in [-0.39, 0.29) is 17.4 Å². The molecule has 2 aromatic rings. The maximum Gasteiger partial charge on any atom is 0.264 e. The van der Waals surface area contributed by atoms with Gasteiger partial charge in [0, 0.05) is 25.1 Å². The van der Waals surface area contributed by atoms with E-state index in [0.29, 0.717) is 44.4 Å². The number of aryl methyl sites for hydroxylation is 1. The lowest BCUT2D eigenvalue weighted by molar-refractivity contribution is -0.120. The van der Waals surface area contributed by atoms with Crippen LogP contribution in [0.1, 0.15) is 40.6 Å². The molecule has 0 aliphatic carbocycles. The molecule has 168 valence electrons. The third kappa shape index (κ3) is 5.22. The summed E-state index contributed by atoms with van der Waals surface area (Å²) in [4.78, 5) is 16.0. The minimum absolute atomic E-state index is 0.0412. The molecule has 0 spiro atoms. The Morgan fingerprint density at radius 1 is 1.29 bits per heavy atom. The average molecular weight is 446 g/mol. The molecule has 1 aromatic carbocycles. The van der Waals surface area contributed by atoms with Gasteiger partial charge in [0.05, 0.1) is 37.9 Å². The zero-order chi connectivity index (χ0) is 21.8. The number of carbonyl (C=O) groups is 1. The first-order valence-electron chi connectivity index (χ1n) is 10.8. The summed E-state index contributed by atoms with van der Waals surface area (Å²) in [5, 5.41) is 1.97. The Kier molecular flexibility index (Phi) is 6.84. The van der Waals surface area contributed by atoms with Crippen LogP contribution in [0, 0.1) is 12.3 Å². The molecule has 4 rings (SSSR count). The monoisotopic (exact) mass is 445 g/mol. The number of hydrogen-bond donors (Lipinski definition) is 0. The normalized spacial score (nSPS) is 19.6. The number of hydrogen-bond acceptors (Lipinski definition) is 6. The largest absolute Gasteiger partial charge is 0.493 e. The van der Waals surface area contributed by atoms with Crippen LogP contribution >= 0.6 is 11.3 Å². The predicted octanol–water partition coefficient (Wildman–Crippen LogP) is 4.30. The third-order valence-corrected chi connectivity index (χ3v) is 6.87. The lowest BCUT2D eigenvalue weighted by Crippen LogP contribution is -2.44. The van der Waals surface area contributed by atoms with Gasteiger partial charge in [-0.25, -0.2) is 0 Å². The molecular weight excluding hydrogens is 414 g/mol. The molecule has 1 aromatic heterocycles. The second-order valence-electron chi connectivity index (χ2n) is 8.83. The van der Waals surface area contributed by atoms with E-state index in [9.17, 15) is 4.79 Å². The lowest BCUT2D eigenvalue weighted by Gasteiger charge is -2.37. The van der Waals surface area contributed by atoms with Gasteiger partial charge in [-0.3, -0.25) is 4.79 Å². The van der Waals surface area contributed by atoms with E-state index in [1.165, 1.54) is 11.3 Å². The van der Waals surface area contributed by atoms with Gasteiger partial charge < -0.3 is 23.8 Å². The van der Waals surface area contributed by atoms with E-state index in [0.717, 1.165) is 35.5 Å². The Bertz CT molecular complexity index is 901. The van der Waals surface area contributed by atoms with Crippen molar-refractivity contribution in [1.29, 1.82) is 0 Å². The average Bonchev–Trinajstić information content (AvgIpc) is 3.41. The van der Waals surface area contributed by atoms with Crippen LogP contribution in [-0.4, -0.2) is 57.0 Å². The van der Waals surface area contributed by atoms with E-state index in [1.807, 2.05) is 41.5 Å². The molecule has 1 unspecified atom stereocenters. The molecule has 7 heteroatoms. The van der Waals surface area contributed by atoms with Gasteiger partial charge in [0.25, 0.3) is 5.91 Å². The number of nitrogens with zero attached hydrogens (tertiary/aromatic N) is 1. The van der Waals surface area contributed by atoms with Crippen molar-refractivity contribution in [2.45, 2.75) is 39.3 Å². The van der Waals surface area contributed by atoms with Crippen LogP contribution in [0.2, 0.25) is 0 Å². The summed E-state index contributed by atoms with van der Waals surface area (Å²) in [7, 11) is 1.64. The Balaban J connectivity index is 1.52. The SMILES string of the molecule is COc1ccc(CN(CC2CCCO2)C(=O)c2sccc2C)cc1OCC1(C)COC1. The molecule has 31 heavy (non-hydrogen) atoms. The van der Waals surface area contributed by atoms with E-state index in [2.05, 4.69) is 6.92 Å². The zero-order valence-corrected chi connectivity index (χ0v) is 19.3. The van der Waals surface area contributed by atoms with Gasteiger partial charge in [-0.05, 0) is 54.5 Å². The highest BCUT2D eigenvalue weighted by Gasteiger charge is 2.34. The van der Waals surface area contributed by atoms with Crippen molar-refractivity contribution in [2.75, 3.05) is 40.1 Å².